The van der Waals surface area contributed by atoms with Crippen molar-refractivity contribution in [2.24, 2.45) is 0 Å². The van der Waals surface area contributed by atoms with Gasteiger partial charge in [-0.05, 0) is 26.0 Å². The summed E-state index contributed by atoms with van der Waals surface area (Å²) in [6, 6.07) is 5.69. The molecule has 0 atom stereocenters. The number of thioether (sulfide) groups is 1. The highest BCUT2D eigenvalue weighted by Crippen LogP contribution is 2.23. The van der Waals surface area contributed by atoms with Gasteiger partial charge in [-0.1, -0.05) is 17.4 Å². The lowest BCUT2D eigenvalue weighted by Crippen LogP contribution is -2.14. The van der Waals surface area contributed by atoms with Gasteiger partial charge in [0.15, 0.2) is 5.13 Å². The van der Waals surface area contributed by atoms with Gasteiger partial charge in [-0.3, -0.25) is 9.78 Å². The van der Waals surface area contributed by atoms with E-state index in [4.69, 9.17) is 4.74 Å². The van der Waals surface area contributed by atoms with Crippen LogP contribution < -0.4 is 5.32 Å². The Morgan fingerprint density at radius 2 is 2.22 bits per heavy atom. The van der Waals surface area contributed by atoms with Crippen molar-refractivity contribution in [1.29, 1.82) is 0 Å². The molecule has 8 heteroatoms. The van der Waals surface area contributed by atoms with Crippen molar-refractivity contribution >= 4 is 40.1 Å². The molecule has 2 heterocycles. The van der Waals surface area contributed by atoms with Crippen molar-refractivity contribution in [2.75, 3.05) is 17.7 Å². The van der Waals surface area contributed by atoms with Crippen LogP contribution in [0, 0.1) is 6.92 Å². The Morgan fingerprint density at radius 3 is 2.91 bits per heavy atom. The second-order valence-corrected chi connectivity index (χ2v) is 6.50. The lowest BCUT2D eigenvalue weighted by molar-refractivity contribution is -0.113. The molecule has 0 aliphatic heterocycles. The van der Waals surface area contributed by atoms with Crippen molar-refractivity contribution < 1.29 is 14.3 Å². The molecule has 0 radical (unpaired) electrons. The van der Waals surface area contributed by atoms with Gasteiger partial charge in [0, 0.05) is 11.9 Å². The van der Waals surface area contributed by atoms with Gasteiger partial charge in [0.05, 0.1) is 23.7 Å². The number of carbonyl (C=O) groups excluding carboxylic acids is 2. The molecule has 0 unspecified atom stereocenters. The quantitative estimate of drug-likeness (QED) is 0.773. The molecule has 2 rings (SSSR count). The number of pyridine rings is 1. The lowest BCUT2D eigenvalue weighted by atomic mass is 10.4. The van der Waals surface area contributed by atoms with Crippen LogP contribution in [0.4, 0.5) is 5.13 Å². The van der Waals surface area contributed by atoms with E-state index in [1.54, 1.807) is 20.0 Å². The average Bonchev–Trinajstić information content (AvgIpc) is 2.89. The zero-order chi connectivity index (χ0) is 16.7. The van der Waals surface area contributed by atoms with Crippen LogP contribution in [-0.2, 0) is 15.3 Å². The molecule has 0 saturated carbocycles. The van der Waals surface area contributed by atoms with Gasteiger partial charge in [-0.15, -0.1) is 11.8 Å². The first kappa shape index (κ1) is 17.4. The van der Waals surface area contributed by atoms with Gasteiger partial charge in [-0.2, -0.15) is 0 Å². The molecule has 1 N–H and O–H groups in total. The zero-order valence-electron chi connectivity index (χ0n) is 12.9. The molecule has 0 aliphatic rings. The molecular formula is C15H17N3O3S2. The fraction of sp³-hybridized carbons (Fsp3) is 0.333. The van der Waals surface area contributed by atoms with Gasteiger partial charge < -0.3 is 10.1 Å². The number of nitrogens with one attached hydrogen (secondary N) is 1. The molecule has 23 heavy (non-hydrogen) atoms. The fourth-order valence-electron chi connectivity index (χ4n) is 1.72. The first-order valence-electron chi connectivity index (χ1n) is 7.02. The molecule has 0 aliphatic carbocycles. The fourth-order valence-corrected chi connectivity index (χ4v) is 3.34. The minimum absolute atomic E-state index is 0.157. The standard InChI is InChI=1S/C15H17N3O3S2/c1-3-21-14(20)13-10(2)17-15(23-13)18-12(19)9-22-8-11-6-4-5-7-16-11/h4-7H,3,8-9H2,1-2H3,(H,17,18,19). The Bertz CT molecular complexity index is 674. The van der Waals surface area contributed by atoms with Crippen LogP contribution in [0.15, 0.2) is 24.4 Å². The minimum atomic E-state index is -0.410. The molecule has 1 amide bonds. The number of thiazole rings is 1. The number of ether oxygens (including phenoxy) is 1. The average molecular weight is 351 g/mol. The van der Waals surface area contributed by atoms with Crippen molar-refractivity contribution in [3.8, 4) is 0 Å². The van der Waals surface area contributed by atoms with Gasteiger partial charge in [0.25, 0.3) is 0 Å². The Labute approximate surface area is 142 Å². The summed E-state index contributed by atoms with van der Waals surface area (Å²) in [5.41, 5.74) is 1.49. The number of hydrogen-bond acceptors (Lipinski definition) is 7. The molecule has 0 bridgehead atoms. The molecule has 2 aromatic heterocycles. The van der Waals surface area contributed by atoms with E-state index in [1.165, 1.54) is 11.8 Å². The minimum Gasteiger partial charge on any atom is -0.462 e. The van der Waals surface area contributed by atoms with Gasteiger partial charge in [-0.25, -0.2) is 9.78 Å². The molecule has 0 saturated heterocycles. The maximum atomic E-state index is 11.9. The predicted octanol–water partition coefficient (Wildman–Crippen LogP) is 2.90. The Balaban J connectivity index is 1.83. The van der Waals surface area contributed by atoms with Gasteiger partial charge in [0.2, 0.25) is 5.91 Å². The lowest BCUT2D eigenvalue weighted by Gasteiger charge is -2.01. The molecule has 122 valence electrons. The molecular weight excluding hydrogens is 334 g/mol. The predicted molar refractivity (Wildman–Crippen MR) is 91.8 cm³/mol. The van der Waals surface area contributed by atoms with Crippen LogP contribution in [0.3, 0.4) is 0 Å². The van der Waals surface area contributed by atoms with E-state index in [1.807, 2.05) is 18.2 Å². The van der Waals surface area contributed by atoms with E-state index in [0.29, 0.717) is 33.8 Å². The highest BCUT2D eigenvalue weighted by molar-refractivity contribution is 7.99. The van der Waals surface area contributed by atoms with Crippen LogP contribution in [0.1, 0.15) is 28.0 Å². The third-order valence-electron chi connectivity index (χ3n) is 2.71. The maximum absolute atomic E-state index is 11.9. The van der Waals surface area contributed by atoms with E-state index >= 15 is 0 Å². The normalized spacial score (nSPS) is 10.3. The first-order valence-corrected chi connectivity index (χ1v) is 8.99. The van der Waals surface area contributed by atoms with Crippen LogP contribution >= 0.6 is 23.1 Å². The third-order valence-corrected chi connectivity index (χ3v) is 4.73. The summed E-state index contributed by atoms with van der Waals surface area (Å²) in [4.78, 5) is 32.4. The second-order valence-electron chi connectivity index (χ2n) is 4.52. The van der Waals surface area contributed by atoms with Gasteiger partial charge in [0.1, 0.15) is 4.88 Å². The van der Waals surface area contributed by atoms with E-state index in [-0.39, 0.29) is 5.91 Å². The SMILES string of the molecule is CCOC(=O)c1sc(NC(=O)CSCc2ccccn2)nc1C. The van der Waals surface area contributed by atoms with Crippen molar-refractivity contribution in [2.45, 2.75) is 19.6 Å². The Hall–Kier alpha value is -1.93. The number of amides is 1. The summed E-state index contributed by atoms with van der Waals surface area (Å²) < 4.78 is 4.95. The topological polar surface area (TPSA) is 81.2 Å². The number of hydrogen-bond donors (Lipinski definition) is 1. The van der Waals surface area contributed by atoms with Crippen LogP contribution in [0.5, 0.6) is 0 Å². The molecule has 0 spiro atoms. The number of nitrogens with zero attached hydrogens (tertiary/aromatic N) is 2. The van der Waals surface area contributed by atoms with E-state index in [2.05, 4.69) is 15.3 Å². The first-order chi connectivity index (χ1) is 11.1. The number of aromatic nitrogens is 2. The number of carbonyl (C=O) groups is 2. The molecule has 2 aromatic rings. The maximum Gasteiger partial charge on any atom is 0.350 e. The summed E-state index contributed by atoms with van der Waals surface area (Å²) in [6.07, 6.45) is 1.73. The Kier molecular flexibility index (Phi) is 6.54. The van der Waals surface area contributed by atoms with E-state index < -0.39 is 5.97 Å². The van der Waals surface area contributed by atoms with Crippen LogP contribution in [-0.4, -0.2) is 34.2 Å². The number of aryl methyl sites for hydroxylation is 1. The van der Waals surface area contributed by atoms with Crippen molar-refractivity contribution in [3.05, 3.63) is 40.7 Å². The smallest absolute Gasteiger partial charge is 0.350 e. The largest absolute Gasteiger partial charge is 0.462 e. The second kappa shape index (κ2) is 8.64. The van der Waals surface area contributed by atoms with Crippen LogP contribution in [0.2, 0.25) is 0 Å². The van der Waals surface area contributed by atoms with Crippen molar-refractivity contribution in [1.82, 2.24) is 9.97 Å². The monoisotopic (exact) mass is 351 g/mol. The number of esters is 1. The highest BCUT2D eigenvalue weighted by Gasteiger charge is 2.17. The Morgan fingerprint density at radius 1 is 1.39 bits per heavy atom. The third kappa shape index (κ3) is 5.33. The van der Waals surface area contributed by atoms with E-state index in [0.717, 1.165) is 17.0 Å². The summed E-state index contributed by atoms with van der Waals surface area (Å²) in [6.45, 7) is 3.77. The highest BCUT2D eigenvalue weighted by atomic mass is 32.2. The summed E-state index contributed by atoms with van der Waals surface area (Å²) in [7, 11) is 0. The summed E-state index contributed by atoms with van der Waals surface area (Å²) in [5, 5.41) is 3.12. The summed E-state index contributed by atoms with van der Waals surface area (Å²) >= 11 is 2.60. The zero-order valence-corrected chi connectivity index (χ0v) is 14.5. The number of anilines is 1. The van der Waals surface area contributed by atoms with E-state index in [9.17, 15) is 9.59 Å². The molecule has 0 aromatic carbocycles. The van der Waals surface area contributed by atoms with Crippen LogP contribution in [0.25, 0.3) is 0 Å². The van der Waals surface area contributed by atoms with Gasteiger partial charge >= 0.3 is 5.97 Å². The number of rotatable bonds is 7. The molecule has 6 nitrogen and oxygen atoms in total. The summed E-state index contributed by atoms with van der Waals surface area (Å²) in [5.74, 6) is 0.394. The molecule has 0 fully saturated rings. The van der Waals surface area contributed by atoms with Crippen molar-refractivity contribution in [3.63, 3.8) is 0 Å².